The van der Waals surface area contributed by atoms with Gasteiger partial charge in [0.2, 0.25) is 5.91 Å². The third-order valence-corrected chi connectivity index (χ3v) is 7.49. The fourth-order valence-corrected chi connectivity index (χ4v) is 5.17. The van der Waals surface area contributed by atoms with Gasteiger partial charge in [-0.2, -0.15) is 0 Å². The lowest BCUT2D eigenvalue weighted by Gasteiger charge is -2.37. The Morgan fingerprint density at radius 3 is 2.56 bits per heavy atom. The van der Waals surface area contributed by atoms with E-state index in [0.29, 0.717) is 39.4 Å². The highest BCUT2D eigenvalue weighted by Gasteiger charge is 2.35. The Kier molecular flexibility index (Phi) is 8.30. The number of urea groups is 1. The van der Waals surface area contributed by atoms with Crippen molar-refractivity contribution in [3.63, 3.8) is 0 Å². The van der Waals surface area contributed by atoms with Crippen molar-refractivity contribution < 1.29 is 19.1 Å². The molecule has 0 saturated carbocycles. The summed E-state index contributed by atoms with van der Waals surface area (Å²) in [6, 6.07) is 12.5. The Morgan fingerprint density at radius 2 is 1.85 bits per heavy atom. The van der Waals surface area contributed by atoms with Crippen LogP contribution < -0.4 is 16.0 Å². The average molecular weight is 536 g/mol. The molecular formula is C28H37N7O4. The molecular weight excluding hydrogens is 498 g/mol. The summed E-state index contributed by atoms with van der Waals surface area (Å²) < 4.78 is 11.3. The third kappa shape index (κ3) is 6.16. The molecule has 11 heteroatoms. The number of benzene rings is 1. The zero-order valence-corrected chi connectivity index (χ0v) is 22.5. The van der Waals surface area contributed by atoms with Crippen molar-refractivity contribution in [2.75, 3.05) is 57.9 Å². The molecule has 3 amide bonds. The molecule has 2 saturated heterocycles. The number of likely N-dealkylation sites (N-methyl/N-ethyl adjacent to an activating group) is 1. The molecule has 2 aromatic heterocycles. The average Bonchev–Trinajstić information content (AvgIpc) is 3.41. The highest BCUT2D eigenvalue weighted by molar-refractivity contribution is 5.90. The molecule has 2 fully saturated rings. The largest absolute Gasteiger partial charge is 0.361 e. The molecule has 1 aromatic carbocycles. The monoisotopic (exact) mass is 535 g/mol. The summed E-state index contributed by atoms with van der Waals surface area (Å²) in [5, 5.41) is 4.09. The third-order valence-electron chi connectivity index (χ3n) is 7.49. The number of nitrogens with two attached hydrogens (primary N) is 1. The fraction of sp³-hybridized carbons (Fsp3) is 0.464. The van der Waals surface area contributed by atoms with E-state index in [1.54, 1.807) is 23.0 Å². The number of fused-ring (bicyclic) bond motifs is 1. The van der Waals surface area contributed by atoms with Gasteiger partial charge in [-0.05, 0) is 23.8 Å². The van der Waals surface area contributed by atoms with Crippen LogP contribution in [-0.2, 0) is 14.3 Å². The first-order valence-corrected chi connectivity index (χ1v) is 13.4. The Morgan fingerprint density at radius 1 is 1.13 bits per heavy atom. The molecule has 3 aromatic rings. The minimum absolute atomic E-state index is 0.172. The minimum atomic E-state index is -0.790. The summed E-state index contributed by atoms with van der Waals surface area (Å²) in [6.07, 6.45) is 3.13. The van der Waals surface area contributed by atoms with E-state index in [1.165, 1.54) is 0 Å². The lowest BCUT2D eigenvalue weighted by atomic mass is 9.92. The van der Waals surface area contributed by atoms with E-state index >= 15 is 0 Å². The molecule has 2 aliphatic heterocycles. The van der Waals surface area contributed by atoms with Gasteiger partial charge in [-0.3, -0.25) is 4.79 Å². The van der Waals surface area contributed by atoms with Crippen LogP contribution in [0.3, 0.4) is 0 Å². The summed E-state index contributed by atoms with van der Waals surface area (Å²) in [7, 11) is 1.70. The van der Waals surface area contributed by atoms with Gasteiger partial charge in [-0.15, -0.1) is 0 Å². The van der Waals surface area contributed by atoms with Gasteiger partial charge in [0.15, 0.2) is 6.29 Å². The number of nitrogens with one attached hydrogen (secondary N) is 2. The van der Waals surface area contributed by atoms with E-state index in [4.69, 9.17) is 15.2 Å². The van der Waals surface area contributed by atoms with E-state index in [0.717, 1.165) is 22.3 Å². The van der Waals surface area contributed by atoms with E-state index in [-0.39, 0.29) is 30.4 Å². The van der Waals surface area contributed by atoms with Crippen LogP contribution in [0.25, 0.3) is 10.9 Å². The molecule has 0 radical (unpaired) electrons. The summed E-state index contributed by atoms with van der Waals surface area (Å²) in [4.78, 5) is 40.5. The number of rotatable bonds is 7. The van der Waals surface area contributed by atoms with Gasteiger partial charge >= 0.3 is 6.03 Å². The number of amides is 3. The van der Waals surface area contributed by atoms with Crippen LogP contribution in [0.4, 0.5) is 10.6 Å². The Balaban J connectivity index is 1.30. The quantitative estimate of drug-likeness (QED) is 0.420. The van der Waals surface area contributed by atoms with Gasteiger partial charge in [0.25, 0.3) is 0 Å². The molecule has 0 bridgehead atoms. The highest BCUT2D eigenvalue weighted by Crippen LogP contribution is 2.29. The molecule has 2 aliphatic rings. The van der Waals surface area contributed by atoms with E-state index in [1.807, 2.05) is 55.6 Å². The topological polar surface area (TPSA) is 129 Å². The fourth-order valence-electron chi connectivity index (χ4n) is 5.17. The number of anilines is 1. The second kappa shape index (κ2) is 12.0. The summed E-state index contributed by atoms with van der Waals surface area (Å²) >= 11 is 0. The summed E-state index contributed by atoms with van der Waals surface area (Å²) in [5.74, 6) is 0.389. The van der Waals surface area contributed by atoms with E-state index in [9.17, 15) is 9.59 Å². The van der Waals surface area contributed by atoms with Gasteiger partial charge in [0.05, 0.1) is 25.8 Å². The molecule has 2 atom stereocenters. The van der Waals surface area contributed by atoms with Crippen LogP contribution in [0, 0.1) is 0 Å². The van der Waals surface area contributed by atoms with Gasteiger partial charge in [0.1, 0.15) is 11.9 Å². The van der Waals surface area contributed by atoms with E-state index < -0.39 is 12.3 Å². The molecule has 4 heterocycles. The van der Waals surface area contributed by atoms with Crippen LogP contribution in [0.1, 0.15) is 18.4 Å². The summed E-state index contributed by atoms with van der Waals surface area (Å²) in [6.45, 7) is 5.36. The normalized spacial score (nSPS) is 21.4. The number of para-hydroxylation sites is 1. The summed E-state index contributed by atoms with van der Waals surface area (Å²) in [5.41, 5.74) is 7.80. The maximum Gasteiger partial charge on any atom is 0.318 e. The molecule has 0 unspecified atom stereocenters. The van der Waals surface area contributed by atoms with Gasteiger partial charge < -0.3 is 40.2 Å². The van der Waals surface area contributed by atoms with Crippen molar-refractivity contribution >= 4 is 28.7 Å². The van der Waals surface area contributed by atoms with Crippen molar-refractivity contribution in [3.8, 4) is 0 Å². The maximum atomic E-state index is 13.8. The second-order valence-electron chi connectivity index (χ2n) is 10.2. The van der Waals surface area contributed by atoms with Crippen LogP contribution in [0.15, 0.2) is 54.9 Å². The number of hydrogen-bond acceptors (Lipinski definition) is 7. The number of carbonyl (C=O) groups excluding carboxylic acids is 2. The lowest BCUT2D eigenvalue weighted by Crippen LogP contribution is -2.58. The van der Waals surface area contributed by atoms with Crippen LogP contribution >= 0.6 is 0 Å². The molecule has 4 N–H and O–H groups in total. The van der Waals surface area contributed by atoms with Crippen molar-refractivity contribution in [2.24, 2.45) is 5.73 Å². The predicted octanol–water partition coefficient (Wildman–Crippen LogP) is 1.73. The molecule has 0 aliphatic carbocycles. The number of ether oxygens (including phenoxy) is 2. The van der Waals surface area contributed by atoms with Crippen molar-refractivity contribution in [1.82, 2.24) is 25.1 Å². The maximum absolute atomic E-state index is 13.8. The first-order valence-electron chi connectivity index (χ1n) is 13.4. The number of hydrogen-bond donors (Lipinski definition) is 3. The smallest absolute Gasteiger partial charge is 0.318 e. The molecule has 39 heavy (non-hydrogen) atoms. The number of aromatic amines is 1. The first-order chi connectivity index (χ1) is 18.9. The molecule has 0 spiro atoms. The molecule has 11 nitrogen and oxygen atoms in total. The van der Waals surface area contributed by atoms with Crippen LogP contribution in [0.2, 0.25) is 0 Å². The number of H-pyrrole nitrogens is 1. The number of nitrogens with zero attached hydrogens (tertiary/aromatic N) is 4. The van der Waals surface area contributed by atoms with Gasteiger partial charge in [-0.25, -0.2) is 9.78 Å². The minimum Gasteiger partial charge on any atom is -0.361 e. The molecule has 208 valence electrons. The van der Waals surface area contributed by atoms with Crippen molar-refractivity contribution in [2.45, 2.75) is 31.2 Å². The predicted molar refractivity (Wildman–Crippen MR) is 148 cm³/mol. The first kappa shape index (κ1) is 26.9. The van der Waals surface area contributed by atoms with Gasteiger partial charge in [-0.1, -0.05) is 31.2 Å². The Labute approximate surface area is 228 Å². The second-order valence-corrected chi connectivity index (χ2v) is 10.2. The number of carbonyl (C=O) groups is 2. The zero-order valence-electron chi connectivity index (χ0n) is 22.5. The van der Waals surface area contributed by atoms with Crippen molar-refractivity contribution in [3.05, 3.63) is 60.4 Å². The molecule has 5 rings (SSSR count). The Bertz CT molecular complexity index is 1250. The van der Waals surface area contributed by atoms with E-state index in [2.05, 4.69) is 20.2 Å². The van der Waals surface area contributed by atoms with Crippen LogP contribution in [-0.4, -0.2) is 103 Å². The zero-order chi connectivity index (χ0) is 27.4. The standard InChI is InChI=1S/C28H37N7O4/c1-19(22-15-31-23-8-4-3-7-21(22)23)26(27(36)33(2)16-25-38-17-20(29)18-39-25)32-28(37)35-13-11-34(12-14-35)24-9-5-6-10-30-24/h3-10,15,19-20,25-26,31H,11-14,16-18,29H2,1-2H3,(H,32,37)/t19-,20?,25?,26-/m1/s1. The van der Waals surface area contributed by atoms with Crippen molar-refractivity contribution in [1.29, 1.82) is 0 Å². The highest BCUT2D eigenvalue weighted by atomic mass is 16.7. The van der Waals surface area contributed by atoms with Gasteiger partial charge in [0, 0.05) is 62.4 Å². The SMILES string of the molecule is C[C@H](c1c[nH]c2ccccc12)[C@@H](NC(=O)N1CCN(c2ccccn2)CC1)C(=O)N(C)CC1OCC(N)CO1. The van der Waals surface area contributed by atoms with Crippen LogP contribution in [0.5, 0.6) is 0 Å². The number of pyridine rings is 1. The lowest BCUT2D eigenvalue weighted by molar-refractivity contribution is -0.193. The number of aromatic nitrogens is 2. The Hall–Kier alpha value is -3.67. The number of piperazine rings is 1.